The molecule has 0 aliphatic rings. The maximum Gasteiger partial charge on any atom is 0.416 e. The molecule has 0 saturated heterocycles. The first-order chi connectivity index (χ1) is 10.3. The monoisotopic (exact) mass is 343 g/mol. The van der Waals surface area contributed by atoms with Crippen LogP contribution in [0.3, 0.4) is 0 Å². The third-order valence-electron chi connectivity index (χ3n) is 3.56. The third-order valence-corrected chi connectivity index (χ3v) is 3.56. The van der Waals surface area contributed by atoms with Gasteiger partial charge < -0.3 is 5.73 Å². The molecule has 0 bridgehead atoms. The van der Waals surface area contributed by atoms with Gasteiger partial charge in [0.15, 0.2) is 0 Å². The molecule has 0 saturated carbocycles. The number of rotatable bonds is 4. The van der Waals surface area contributed by atoms with Crippen molar-refractivity contribution in [1.29, 1.82) is 0 Å². The first-order valence-corrected chi connectivity index (χ1v) is 7.30. The molecule has 0 radical (unpaired) electrons. The van der Waals surface area contributed by atoms with Gasteiger partial charge in [0, 0.05) is 6.54 Å². The SMILES string of the molecule is CC(C)Cc1ccc(-c2ccc(C(F)(F)F)cc2CN)cc1.Cl. The molecule has 0 amide bonds. The standard InChI is InChI=1S/C18H20F3N.ClH/c1-12(2)9-13-3-5-14(6-4-13)17-8-7-16(18(19,20)21)10-15(17)11-22;/h3-8,10,12H,9,11,22H2,1-2H3;1H. The van der Waals surface area contributed by atoms with Crippen molar-refractivity contribution in [2.45, 2.75) is 33.0 Å². The number of benzene rings is 2. The van der Waals surface area contributed by atoms with Crippen LogP contribution in [0.2, 0.25) is 0 Å². The highest BCUT2D eigenvalue weighted by Crippen LogP contribution is 2.33. The van der Waals surface area contributed by atoms with Gasteiger partial charge in [0.25, 0.3) is 0 Å². The second-order valence-corrected chi connectivity index (χ2v) is 5.87. The van der Waals surface area contributed by atoms with Gasteiger partial charge in [0.05, 0.1) is 5.56 Å². The highest BCUT2D eigenvalue weighted by molar-refractivity contribution is 5.85. The molecule has 23 heavy (non-hydrogen) atoms. The van der Waals surface area contributed by atoms with E-state index < -0.39 is 11.7 Å². The molecule has 0 aliphatic carbocycles. The normalized spacial score (nSPS) is 11.4. The van der Waals surface area contributed by atoms with Crippen molar-refractivity contribution in [1.82, 2.24) is 0 Å². The molecule has 2 aromatic rings. The summed E-state index contributed by atoms with van der Waals surface area (Å²) >= 11 is 0. The molecule has 2 aromatic carbocycles. The molecule has 5 heteroatoms. The number of nitrogens with two attached hydrogens (primary N) is 1. The van der Waals surface area contributed by atoms with Gasteiger partial charge >= 0.3 is 6.18 Å². The lowest BCUT2D eigenvalue weighted by Crippen LogP contribution is -2.08. The van der Waals surface area contributed by atoms with Crippen LogP contribution in [0, 0.1) is 5.92 Å². The van der Waals surface area contributed by atoms with Gasteiger partial charge in [-0.05, 0) is 46.7 Å². The van der Waals surface area contributed by atoms with Crippen molar-refractivity contribution in [3.8, 4) is 11.1 Å². The maximum absolute atomic E-state index is 12.8. The first-order valence-electron chi connectivity index (χ1n) is 7.30. The minimum atomic E-state index is -4.34. The van der Waals surface area contributed by atoms with Crippen LogP contribution in [0.5, 0.6) is 0 Å². The van der Waals surface area contributed by atoms with Crippen LogP contribution in [0.4, 0.5) is 13.2 Å². The van der Waals surface area contributed by atoms with Crippen molar-refractivity contribution < 1.29 is 13.2 Å². The highest BCUT2D eigenvalue weighted by atomic mass is 35.5. The van der Waals surface area contributed by atoms with Crippen LogP contribution >= 0.6 is 12.4 Å². The van der Waals surface area contributed by atoms with E-state index in [2.05, 4.69) is 13.8 Å². The van der Waals surface area contributed by atoms with E-state index in [1.807, 2.05) is 24.3 Å². The topological polar surface area (TPSA) is 26.0 Å². The molecule has 2 N–H and O–H groups in total. The summed E-state index contributed by atoms with van der Waals surface area (Å²) in [4.78, 5) is 0. The van der Waals surface area contributed by atoms with E-state index in [0.29, 0.717) is 11.5 Å². The predicted octanol–water partition coefficient (Wildman–Crippen LogP) is 5.45. The Bertz CT molecular complexity index is 634. The number of hydrogen-bond acceptors (Lipinski definition) is 1. The van der Waals surface area contributed by atoms with Crippen molar-refractivity contribution >= 4 is 12.4 Å². The van der Waals surface area contributed by atoms with E-state index in [1.165, 1.54) is 11.6 Å². The summed E-state index contributed by atoms with van der Waals surface area (Å²) in [5, 5.41) is 0. The third kappa shape index (κ3) is 4.98. The van der Waals surface area contributed by atoms with Gasteiger partial charge in [-0.1, -0.05) is 44.2 Å². The second kappa shape index (κ2) is 7.84. The molecule has 0 atom stereocenters. The van der Waals surface area contributed by atoms with Gasteiger partial charge in [-0.15, -0.1) is 12.4 Å². The Balaban J connectivity index is 0.00000264. The average Bonchev–Trinajstić information content (AvgIpc) is 2.46. The Hall–Kier alpha value is -1.52. The van der Waals surface area contributed by atoms with E-state index in [9.17, 15) is 13.2 Å². The van der Waals surface area contributed by atoms with E-state index in [-0.39, 0.29) is 19.0 Å². The van der Waals surface area contributed by atoms with Crippen molar-refractivity contribution in [3.05, 3.63) is 59.2 Å². The lowest BCUT2D eigenvalue weighted by atomic mass is 9.95. The van der Waals surface area contributed by atoms with Gasteiger partial charge in [-0.25, -0.2) is 0 Å². The van der Waals surface area contributed by atoms with Crippen molar-refractivity contribution in [2.24, 2.45) is 11.7 Å². The fourth-order valence-electron chi connectivity index (χ4n) is 2.51. The van der Waals surface area contributed by atoms with E-state index >= 15 is 0 Å². The van der Waals surface area contributed by atoms with Gasteiger partial charge in [-0.3, -0.25) is 0 Å². The lowest BCUT2D eigenvalue weighted by molar-refractivity contribution is -0.137. The summed E-state index contributed by atoms with van der Waals surface area (Å²) in [6, 6.07) is 11.7. The van der Waals surface area contributed by atoms with Crippen LogP contribution in [0.25, 0.3) is 11.1 Å². The van der Waals surface area contributed by atoms with Crippen LogP contribution < -0.4 is 5.73 Å². The number of alkyl halides is 3. The zero-order valence-corrected chi connectivity index (χ0v) is 14.0. The van der Waals surface area contributed by atoms with Crippen LogP contribution in [0.1, 0.15) is 30.5 Å². The molecule has 0 heterocycles. The molecule has 0 unspecified atom stereocenters. The van der Waals surface area contributed by atoms with E-state index in [1.54, 1.807) is 0 Å². The molecule has 2 rings (SSSR count). The van der Waals surface area contributed by atoms with Gasteiger partial charge in [0.2, 0.25) is 0 Å². The molecule has 0 aliphatic heterocycles. The predicted molar refractivity (Wildman–Crippen MR) is 90.6 cm³/mol. The average molecular weight is 344 g/mol. The Morgan fingerprint density at radius 2 is 1.61 bits per heavy atom. The summed E-state index contributed by atoms with van der Waals surface area (Å²) in [7, 11) is 0. The van der Waals surface area contributed by atoms with Crippen molar-refractivity contribution in [2.75, 3.05) is 0 Å². The Labute approximate surface area is 141 Å². The summed E-state index contributed by atoms with van der Waals surface area (Å²) in [5.41, 5.74) is 8.34. The molecule has 0 fully saturated rings. The quantitative estimate of drug-likeness (QED) is 0.784. The fraction of sp³-hybridized carbons (Fsp3) is 0.333. The minimum Gasteiger partial charge on any atom is -0.326 e. The minimum absolute atomic E-state index is 0. The Morgan fingerprint density at radius 3 is 2.09 bits per heavy atom. The molecule has 0 aromatic heterocycles. The van der Waals surface area contributed by atoms with Crippen molar-refractivity contribution in [3.63, 3.8) is 0 Å². The largest absolute Gasteiger partial charge is 0.416 e. The van der Waals surface area contributed by atoms with E-state index in [0.717, 1.165) is 29.7 Å². The van der Waals surface area contributed by atoms with E-state index in [4.69, 9.17) is 5.73 Å². The first kappa shape index (κ1) is 19.5. The summed E-state index contributed by atoms with van der Waals surface area (Å²) < 4.78 is 38.3. The molecule has 0 spiro atoms. The zero-order chi connectivity index (χ0) is 16.3. The number of hydrogen-bond donors (Lipinski definition) is 1. The highest BCUT2D eigenvalue weighted by Gasteiger charge is 2.30. The second-order valence-electron chi connectivity index (χ2n) is 5.87. The Morgan fingerprint density at radius 1 is 1.00 bits per heavy atom. The summed E-state index contributed by atoms with van der Waals surface area (Å²) in [5.74, 6) is 0.566. The van der Waals surface area contributed by atoms with Gasteiger partial charge in [-0.2, -0.15) is 13.2 Å². The van der Waals surface area contributed by atoms with Crippen LogP contribution in [0.15, 0.2) is 42.5 Å². The molecular weight excluding hydrogens is 323 g/mol. The molecular formula is C18H21ClF3N. The maximum atomic E-state index is 12.8. The van der Waals surface area contributed by atoms with Crippen LogP contribution in [-0.4, -0.2) is 0 Å². The molecule has 1 nitrogen and oxygen atoms in total. The smallest absolute Gasteiger partial charge is 0.326 e. The number of halogens is 4. The van der Waals surface area contributed by atoms with Crippen LogP contribution in [-0.2, 0) is 19.1 Å². The summed E-state index contributed by atoms with van der Waals surface area (Å²) in [6.45, 7) is 4.37. The zero-order valence-electron chi connectivity index (χ0n) is 13.2. The lowest BCUT2D eigenvalue weighted by Gasteiger charge is -2.13. The summed E-state index contributed by atoms with van der Waals surface area (Å²) in [6.07, 6.45) is -3.36. The van der Waals surface area contributed by atoms with Gasteiger partial charge in [0.1, 0.15) is 0 Å². The molecule has 126 valence electrons. The Kier molecular flexibility index (Phi) is 6.66. The fourth-order valence-corrected chi connectivity index (χ4v) is 2.51.